The highest BCUT2D eigenvalue weighted by Crippen LogP contribution is 2.27. The number of aromatic nitrogens is 2. The minimum atomic E-state index is 0.448. The molecule has 0 aromatic carbocycles. The summed E-state index contributed by atoms with van der Waals surface area (Å²) in [6.45, 7) is 2.23. The van der Waals surface area contributed by atoms with Crippen LogP contribution in [0.25, 0.3) is 0 Å². The quantitative estimate of drug-likeness (QED) is 0.871. The Balaban J connectivity index is 1.89. The van der Waals surface area contributed by atoms with Gasteiger partial charge in [-0.1, -0.05) is 19.3 Å². The minimum absolute atomic E-state index is 0.448. The molecule has 1 aliphatic carbocycles. The second kappa shape index (κ2) is 5.84. The molecular weight excluding hydrogens is 214 g/mol. The number of nitrogens with one attached hydrogen (secondary N) is 1. The number of ether oxygens (including phenoxy) is 1. The van der Waals surface area contributed by atoms with Gasteiger partial charge in [-0.15, -0.1) is 0 Å². The van der Waals surface area contributed by atoms with E-state index in [2.05, 4.69) is 22.2 Å². The molecule has 94 valence electrons. The lowest BCUT2D eigenvalue weighted by atomic mass is 9.85. The van der Waals surface area contributed by atoms with Gasteiger partial charge in [0.05, 0.1) is 19.5 Å². The molecule has 1 aromatic heterocycles. The Morgan fingerprint density at radius 1 is 1.24 bits per heavy atom. The number of methoxy groups -OCH3 is 1. The van der Waals surface area contributed by atoms with Crippen molar-refractivity contribution >= 4 is 5.95 Å². The summed E-state index contributed by atoms with van der Waals surface area (Å²) < 4.78 is 5.04. The molecule has 1 aromatic rings. The first-order chi connectivity index (χ1) is 8.29. The normalized spacial score (nSPS) is 18.7. The molecule has 1 atom stereocenters. The average Bonchev–Trinajstić information content (AvgIpc) is 2.40. The summed E-state index contributed by atoms with van der Waals surface area (Å²) in [6, 6.07) is 0.448. The molecule has 4 heteroatoms. The molecule has 0 saturated heterocycles. The lowest BCUT2D eigenvalue weighted by Gasteiger charge is -2.28. The molecule has 1 heterocycles. The first kappa shape index (κ1) is 12.1. The van der Waals surface area contributed by atoms with Crippen LogP contribution in [0.4, 0.5) is 5.95 Å². The van der Waals surface area contributed by atoms with Crippen LogP contribution >= 0.6 is 0 Å². The number of hydrogen-bond donors (Lipinski definition) is 1. The molecule has 0 spiro atoms. The summed E-state index contributed by atoms with van der Waals surface area (Å²) in [7, 11) is 1.62. The van der Waals surface area contributed by atoms with E-state index in [9.17, 15) is 0 Å². The summed E-state index contributed by atoms with van der Waals surface area (Å²) in [5.41, 5.74) is 0. The lowest BCUT2D eigenvalue weighted by molar-refractivity contribution is 0.327. The molecule has 1 saturated carbocycles. The fourth-order valence-electron chi connectivity index (χ4n) is 2.45. The average molecular weight is 235 g/mol. The third kappa shape index (κ3) is 3.32. The Labute approximate surface area is 103 Å². The Hall–Kier alpha value is -1.32. The summed E-state index contributed by atoms with van der Waals surface area (Å²) in [5.74, 6) is 2.15. The van der Waals surface area contributed by atoms with E-state index in [0.717, 1.165) is 5.92 Å². The highest BCUT2D eigenvalue weighted by molar-refractivity contribution is 5.28. The van der Waals surface area contributed by atoms with E-state index in [1.807, 2.05) is 0 Å². The van der Waals surface area contributed by atoms with Crippen LogP contribution in [0.5, 0.6) is 5.75 Å². The molecule has 2 rings (SSSR count). The van der Waals surface area contributed by atoms with Gasteiger partial charge >= 0.3 is 0 Å². The van der Waals surface area contributed by atoms with E-state index in [4.69, 9.17) is 4.74 Å². The van der Waals surface area contributed by atoms with Crippen LogP contribution in [0.1, 0.15) is 39.0 Å². The number of anilines is 1. The molecule has 0 bridgehead atoms. The van der Waals surface area contributed by atoms with Gasteiger partial charge < -0.3 is 10.1 Å². The Kier molecular flexibility index (Phi) is 4.18. The lowest BCUT2D eigenvalue weighted by Crippen LogP contribution is -2.28. The fraction of sp³-hybridized carbons (Fsp3) is 0.692. The minimum Gasteiger partial charge on any atom is -0.494 e. The van der Waals surface area contributed by atoms with Crippen LogP contribution in [0.3, 0.4) is 0 Å². The highest BCUT2D eigenvalue weighted by atomic mass is 16.5. The largest absolute Gasteiger partial charge is 0.494 e. The molecule has 17 heavy (non-hydrogen) atoms. The van der Waals surface area contributed by atoms with E-state index in [-0.39, 0.29) is 0 Å². The highest BCUT2D eigenvalue weighted by Gasteiger charge is 2.20. The van der Waals surface area contributed by atoms with Gasteiger partial charge in [0.2, 0.25) is 5.95 Å². The zero-order valence-corrected chi connectivity index (χ0v) is 10.6. The van der Waals surface area contributed by atoms with Crippen LogP contribution in [0.15, 0.2) is 12.4 Å². The van der Waals surface area contributed by atoms with Crippen molar-refractivity contribution in [3.63, 3.8) is 0 Å². The standard InChI is InChI=1S/C13H21N3O/c1-10(11-6-4-3-5-7-11)16-13-14-8-12(17-2)9-15-13/h8-11H,3-7H2,1-2H3,(H,14,15,16). The third-order valence-corrected chi connectivity index (χ3v) is 3.58. The Morgan fingerprint density at radius 3 is 2.47 bits per heavy atom. The first-order valence-corrected chi connectivity index (χ1v) is 6.42. The van der Waals surface area contributed by atoms with Crippen molar-refractivity contribution in [3.8, 4) is 5.75 Å². The summed E-state index contributed by atoms with van der Waals surface area (Å²) in [5, 5.41) is 3.39. The van der Waals surface area contributed by atoms with Crippen LogP contribution in [0, 0.1) is 5.92 Å². The molecule has 1 unspecified atom stereocenters. The van der Waals surface area contributed by atoms with Gasteiger partial charge in [0.15, 0.2) is 5.75 Å². The molecule has 1 fully saturated rings. The third-order valence-electron chi connectivity index (χ3n) is 3.58. The van der Waals surface area contributed by atoms with Crippen molar-refractivity contribution in [2.75, 3.05) is 12.4 Å². The summed E-state index contributed by atoms with van der Waals surface area (Å²) >= 11 is 0. The SMILES string of the molecule is COc1cnc(NC(C)C2CCCCC2)nc1. The predicted octanol–water partition coefficient (Wildman–Crippen LogP) is 2.87. The summed E-state index contributed by atoms with van der Waals surface area (Å²) in [4.78, 5) is 8.47. The maximum atomic E-state index is 5.04. The molecule has 4 nitrogen and oxygen atoms in total. The predicted molar refractivity (Wildman–Crippen MR) is 68.2 cm³/mol. The number of nitrogens with zero attached hydrogens (tertiary/aromatic N) is 2. The van der Waals surface area contributed by atoms with E-state index in [0.29, 0.717) is 17.7 Å². The zero-order valence-electron chi connectivity index (χ0n) is 10.6. The van der Waals surface area contributed by atoms with Gasteiger partial charge in [0.1, 0.15) is 0 Å². The van der Waals surface area contributed by atoms with Gasteiger partial charge in [-0.25, -0.2) is 9.97 Å². The van der Waals surface area contributed by atoms with Gasteiger partial charge in [-0.3, -0.25) is 0 Å². The van der Waals surface area contributed by atoms with Crippen molar-refractivity contribution in [1.82, 2.24) is 9.97 Å². The van der Waals surface area contributed by atoms with Gasteiger partial charge in [0.25, 0.3) is 0 Å². The second-order valence-electron chi connectivity index (χ2n) is 4.78. The van der Waals surface area contributed by atoms with Gasteiger partial charge in [0, 0.05) is 6.04 Å². The zero-order chi connectivity index (χ0) is 12.1. The van der Waals surface area contributed by atoms with Crippen molar-refractivity contribution < 1.29 is 4.74 Å². The van der Waals surface area contributed by atoms with Crippen LogP contribution in [-0.4, -0.2) is 23.1 Å². The van der Waals surface area contributed by atoms with Gasteiger partial charge in [-0.2, -0.15) is 0 Å². The molecule has 0 aliphatic heterocycles. The maximum absolute atomic E-state index is 5.04. The Bertz CT molecular complexity index is 333. The monoisotopic (exact) mass is 235 g/mol. The first-order valence-electron chi connectivity index (χ1n) is 6.42. The second-order valence-corrected chi connectivity index (χ2v) is 4.78. The topological polar surface area (TPSA) is 47.0 Å². The van der Waals surface area contributed by atoms with E-state index in [1.54, 1.807) is 19.5 Å². The van der Waals surface area contributed by atoms with E-state index >= 15 is 0 Å². The van der Waals surface area contributed by atoms with Crippen molar-refractivity contribution in [2.24, 2.45) is 5.92 Å². The van der Waals surface area contributed by atoms with Crippen molar-refractivity contribution in [1.29, 1.82) is 0 Å². The molecule has 0 radical (unpaired) electrons. The summed E-state index contributed by atoms with van der Waals surface area (Å²) in [6.07, 6.45) is 10.2. The van der Waals surface area contributed by atoms with Gasteiger partial charge in [-0.05, 0) is 25.7 Å². The van der Waals surface area contributed by atoms with E-state index in [1.165, 1.54) is 32.1 Å². The van der Waals surface area contributed by atoms with Crippen molar-refractivity contribution in [2.45, 2.75) is 45.1 Å². The van der Waals surface area contributed by atoms with Crippen LogP contribution in [0.2, 0.25) is 0 Å². The number of hydrogen-bond acceptors (Lipinski definition) is 4. The number of rotatable bonds is 4. The molecule has 0 amide bonds. The molecule has 1 N–H and O–H groups in total. The van der Waals surface area contributed by atoms with Crippen molar-refractivity contribution in [3.05, 3.63) is 12.4 Å². The van der Waals surface area contributed by atoms with Crippen LogP contribution < -0.4 is 10.1 Å². The maximum Gasteiger partial charge on any atom is 0.223 e. The molecular formula is C13H21N3O. The fourth-order valence-corrected chi connectivity index (χ4v) is 2.45. The smallest absolute Gasteiger partial charge is 0.223 e. The van der Waals surface area contributed by atoms with E-state index < -0.39 is 0 Å². The molecule has 1 aliphatic rings. The Morgan fingerprint density at radius 2 is 1.88 bits per heavy atom. The van der Waals surface area contributed by atoms with Crippen LogP contribution in [-0.2, 0) is 0 Å².